The summed E-state index contributed by atoms with van der Waals surface area (Å²) < 4.78 is 2.20. The molecule has 0 spiro atoms. The highest BCUT2D eigenvalue weighted by Crippen LogP contribution is 2.52. The Hall–Kier alpha value is -1.25. The van der Waals surface area contributed by atoms with Crippen LogP contribution in [0, 0.1) is 0 Å². The molecule has 2 aromatic rings. The molecular formula is C20H24Cl2N2. The van der Waals surface area contributed by atoms with Crippen LogP contribution in [-0.2, 0) is 11.8 Å². The number of hydrogen-bond acceptors (Lipinski definition) is 1. The van der Waals surface area contributed by atoms with Gasteiger partial charge in [0.2, 0.25) is 0 Å². The molecule has 2 aliphatic carbocycles. The largest absolute Gasteiger partial charge is 0.331 e. The molecule has 4 heteroatoms. The van der Waals surface area contributed by atoms with Crippen molar-refractivity contribution in [3.63, 3.8) is 0 Å². The van der Waals surface area contributed by atoms with Crippen molar-refractivity contribution in [2.45, 2.75) is 57.4 Å². The standard InChI is InChI=1S/C20H23ClN2.ClH/c1-3-20-8-4-5-15-6-7-18(21)17(19(15)20)11-16(12-20)14(2)23-10-9-22-13-23;/h6-7,9-11,13-14H,3-5,8,12H2,1-2H3;1H. The lowest BCUT2D eigenvalue weighted by Gasteiger charge is -2.44. The summed E-state index contributed by atoms with van der Waals surface area (Å²) in [5.41, 5.74) is 6.08. The van der Waals surface area contributed by atoms with Gasteiger partial charge in [-0.1, -0.05) is 30.7 Å². The van der Waals surface area contributed by atoms with Crippen molar-refractivity contribution >= 4 is 30.1 Å². The minimum atomic E-state index is 0. The Morgan fingerprint density at radius 3 is 2.92 bits per heavy atom. The summed E-state index contributed by atoms with van der Waals surface area (Å²) >= 11 is 6.61. The van der Waals surface area contributed by atoms with E-state index in [0.29, 0.717) is 6.04 Å². The minimum Gasteiger partial charge on any atom is -0.331 e. The van der Waals surface area contributed by atoms with E-state index in [1.807, 2.05) is 12.5 Å². The van der Waals surface area contributed by atoms with Crippen LogP contribution < -0.4 is 0 Å². The Bertz CT molecular complexity index is 764. The molecule has 2 aliphatic rings. The van der Waals surface area contributed by atoms with Gasteiger partial charge in [0.25, 0.3) is 0 Å². The Morgan fingerprint density at radius 2 is 2.21 bits per heavy atom. The minimum absolute atomic E-state index is 0. The normalized spacial score (nSPS) is 23.0. The smallest absolute Gasteiger partial charge is 0.0951 e. The lowest BCUT2D eigenvalue weighted by Crippen LogP contribution is -2.35. The molecule has 24 heavy (non-hydrogen) atoms. The highest BCUT2D eigenvalue weighted by molar-refractivity contribution is 6.32. The van der Waals surface area contributed by atoms with Gasteiger partial charge < -0.3 is 4.57 Å². The zero-order valence-corrected chi connectivity index (χ0v) is 15.8. The molecular weight excluding hydrogens is 339 g/mol. The van der Waals surface area contributed by atoms with E-state index in [4.69, 9.17) is 11.6 Å². The Labute approximate surface area is 155 Å². The van der Waals surface area contributed by atoms with Gasteiger partial charge in [-0.25, -0.2) is 4.98 Å². The van der Waals surface area contributed by atoms with Crippen molar-refractivity contribution in [1.82, 2.24) is 9.55 Å². The molecule has 4 rings (SSSR count). The van der Waals surface area contributed by atoms with Crippen molar-refractivity contribution in [1.29, 1.82) is 0 Å². The first-order valence-corrected chi connectivity index (χ1v) is 9.02. The molecule has 128 valence electrons. The van der Waals surface area contributed by atoms with Gasteiger partial charge in [-0.2, -0.15) is 0 Å². The predicted molar refractivity (Wildman–Crippen MR) is 103 cm³/mol. The number of aromatic nitrogens is 2. The summed E-state index contributed by atoms with van der Waals surface area (Å²) in [5.74, 6) is 0. The number of hydrogen-bond donors (Lipinski definition) is 0. The van der Waals surface area contributed by atoms with Gasteiger partial charge in [0, 0.05) is 17.4 Å². The second-order valence-electron chi connectivity index (χ2n) is 7.06. The van der Waals surface area contributed by atoms with Gasteiger partial charge in [0.15, 0.2) is 0 Å². The Kier molecular flexibility index (Phi) is 4.81. The van der Waals surface area contributed by atoms with E-state index in [1.54, 1.807) is 5.56 Å². The number of benzene rings is 1. The van der Waals surface area contributed by atoms with E-state index < -0.39 is 0 Å². The van der Waals surface area contributed by atoms with E-state index in [1.165, 1.54) is 42.4 Å². The Morgan fingerprint density at radius 1 is 1.38 bits per heavy atom. The third-order valence-corrected chi connectivity index (χ3v) is 6.30. The van der Waals surface area contributed by atoms with E-state index in [0.717, 1.165) is 11.4 Å². The molecule has 0 N–H and O–H groups in total. The number of allylic oxidation sites excluding steroid dienone is 1. The number of aryl methyl sites for hydroxylation is 1. The van der Waals surface area contributed by atoms with Crippen LogP contribution in [-0.4, -0.2) is 9.55 Å². The van der Waals surface area contributed by atoms with Crippen LogP contribution >= 0.6 is 24.0 Å². The number of halogens is 2. The molecule has 0 aliphatic heterocycles. The highest BCUT2D eigenvalue weighted by atomic mass is 35.5. The fourth-order valence-electron chi connectivity index (χ4n) is 4.60. The molecule has 0 saturated carbocycles. The Balaban J connectivity index is 0.00000169. The van der Waals surface area contributed by atoms with Crippen LogP contribution in [0.2, 0.25) is 5.02 Å². The van der Waals surface area contributed by atoms with Gasteiger partial charge in [0.1, 0.15) is 0 Å². The first kappa shape index (κ1) is 17.6. The zero-order valence-electron chi connectivity index (χ0n) is 14.3. The molecule has 0 radical (unpaired) electrons. The van der Waals surface area contributed by atoms with E-state index in [2.05, 4.69) is 47.8 Å². The molecule has 0 amide bonds. The number of nitrogens with zero attached hydrogens (tertiary/aromatic N) is 2. The van der Waals surface area contributed by atoms with Crippen LogP contribution in [0.25, 0.3) is 6.08 Å². The van der Waals surface area contributed by atoms with E-state index >= 15 is 0 Å². The molecule has 2 unspecified atom stereocenters. The van der Waals surface area contributed by atoms with Crippen LogP contribution in [0.5, 0.6) is 0 Å². The maximum atomic E-state index is 6.61. The van der Waals surface area contributed by atoms with Gasteiger partial charge in [-0.15, -0.1) is 12.4 Å². The molecule has 1 heterocycles. The lowest BCUT2D eigenvalue weighted by atomic mass is 9.61. The number of rotatable bonds is 3. The average molecular weight is 363 g/mol. The lowest BCUT2D eigenvalue weighted by molar-refractivity contribution is 0.329. The molecule has 1 aromatic heterocycles. The first-order valence-electron chi connectivity index (χ1n) is 8.64. The van der Waals surface area contributed by atoms with Gasteiger partial charge >= 0.3 is 0 Å². The van der Waals surface area contributed by atoms with Crippen molar-refractivity contribution in [2.75, 3.05) is 0 Å². The van der Waals surface area contributed by atoms with Crippen molar-refractivity contribution < 1.29 is 0 Å². The quantitative estimate of drug-likeness (QED) is 0.655. The predicted octanol–water partition coefficient (Wildman–Crippen LogP) is 5.99. The first-order chi connectivity index (χ1) is 11.1. The fraction of sp³-hybridized carbons (Fsp3) is 0.450. The summed E-state index contributed by atoms with van der Waals surface area (Å²) in [4.78, 5) is 4.21. The molecule has 2 atom stereocenters. The molecule has 2 nitrogen and oxygen atoms in total. The SMILES string of the molecule is CCC12CCCc3ccc(Cl)c(c31)C=C(C(C)n1ccnc1)C2.Cl. The maximum absolute atomic E-state index is 6.61. The fourth-order valence-corrected chi connectivity index (χ4v) is 4.81. The van der Waals surface area contributed by atoms with Crippen LogP contribution in [0.3, 0.4) is 0 Å². The van der Waals surface area contributed by atoms with E-state index in [9.17, 15) is 0 Å². The second kappa shape index (κ2) is 6.57. The number of imidazole rings is 1. The molecule has 0 bridgehead atoms. The second-order valence-corrected chi connectivity index (χ2v) is 7.47. The van der Waals surface area contributed by atoms with Crippen LogP contribution in [0.15, 0.2) is 36.4 Å². The molecule has 1 aromatic carbocycles. The zero-order chi connectivity index (χ0) is 16.0. The van der Waals surface area contributed by atoms with Gasteiger partial charge in [-0.3, -0.25) is 0 Å². The van der Waals surface area contributed by atoms with E-state index in [-0.39, 0.29) is 17.8 Å². The van der Waals surface area contributed by atoms with Gasteiger partial charge in [-0.05, 0) is 72.8 Å². The summed E-state index contributed by atoms with van der Waals surface area (Å²) in [6, 6.07) is 4.67. The molecule has 0 fully saturated rings. The van der Waals surface area contributed by atoms with Crippen LogP contribution in [0.4, 0.5) is 0 Å². The van der Waals surface area contributed by atoms with Crippen molar-refractivity contribution in [3.8, 4) is 0 Å². The summed E-state index contributed by atoms with van der Waals surface area (Å²) in [6.07, 6.45) is 14.3. The van der Waals surface area contributed by atoms with Gasteiger partial charge in [0.05, 0.1) is 12.4 Å². The maximum Gasteiger partial charge on any atom is 0.0951 e. The highest BCUT2D eigenvalue weighted by Gasteiger charge is 2.41. The summed E-state index contributed by atoms with van der Waals surface area (Å²) in [5, 5.41) is 0.901. The average Bonchev–Trinajstić information content (AvgIpc) is 3.11. The third-order valence-electron chi connectivity index (χ3n) is 5.97. The summed E-state index contributed by atoms with van der Waals surface area (Å²) in [7, 11) is 0. The third kappa shape index (κ3) is 2.60. The van der Waals surface area contributed by atoms with Crippen LogP contribution in [0.1, 0.15) is 62.3 Å². The van der Waals surface area contributed by atoms with Crippen molar-refractivity contribution in [2.24, 2.45) is 0 Å². The monoisotopic (exact) mass is 362 g/mol. The summed E-state index contributed by atoms with van der Waals surface area (Å²) in [6.45, 7) is 4.60. The van der Waals surface area contributed by atoms with Crippen molar-refractivity contribution in [3.05, 3.63) is 58.1 Å². The topological polar surface area (TPSA) is 17.8 Å². The molecule has 0 saturated heterocycles.